The topological polar surface area (TPSA) is 46.3 Å². The van der Waals surface area contributed by atoms with Crippen LogP contribution in [0.4, 0.5) is 0 Å². The van der Waals surface area contributed by atoms with Crippen LogP contribution in [0.2, 0.25) is 0 Å². The molecule has 0 bridgehead atoms. The summed E-state index contributed by atoms with van der Waals surface area (Å²) in [7, 11) is 0.176. The highest BCUT2D eigenvalue weighted by Gasteiger charge is 2.17. The molecule has 1 atom stereocenters. The molecule has 1 aliphatic heterocycles. The number of carbonyl (C=O) groups excluding carboxylic acids is 1. The van der Waals surface area contributed by atoms with Gasteiger partial charge in [0, 0.05) is 21.8 Å². The zero-order chi connectivity index (χ0) is 5.98. The average molecular weight is 132 g/mol. The highest BCUT2D eigenvalue weighted by atomic mass is 31.1. The number of nitrogens with zero attached hydrogens (tertiary/aromatic N) is 1. The van der Waals surface area contributed by atoms with Crippen molar-refractivity contribution in [2.24, 2.45) is 5.50 Å². The second kappa shape index (κ2) is 2.42. The largest absolute Gasteiger partial charge is 0.312 e. The fourth-order valence-electron chi connectivity index (χ4n) is 0.785. The van der Waals surface area contributed by atoms with E-state index in [1.807, 2.05) is 0 Å². The molecule has 4 heteroatoms. The molecule has 3 nitrogen and oxygen atoms in total. The van der Waals surface area contributed by atoms with Gasteiger partial charge in [-0.1, -0.05) is 0 Å². The van der Waals surface area contributed by atoms with Crippen LogP contribution < -0.4 is 5.50 Å². The molecule has 0 saturated carbocycles. The van der Waals surface area contributed by atoms with Crippen molar-refractivity contribution in [3.63, 3.8) is 0 Å². The maximum atomic E-state index is 10.7. The molecule has 1 amide bonds. The lowest BCUT2D eigenvalue weighted by molar-refractivity contribution is -0.123. The maximum Gasteiger partial charge on any atom is 0.226 e. The lowest BCUT2D eigenvalue weighted by Crippen LogP contribution is -2.15. The molecule has 0 aromatic carbocycles. The van der Waals surface area contributed by atoms with Gasteiger partial charge in [0.1, 0.15) is 0 Å². The summed E-state index contributed by atoms with van der Waals surface area (Å²) < 4.78 is 1.69. The van der Waals surface area contributed by atoms with Gasteiger partial charge in [-0.15, -0.1) is 0 Å². The molecule has 2 N–H and O–H groups in total. The van der Waals surface area contributed by atoms with Crippen molar-refractivity contribution in [3.05, 3.63) is 0 Å². The predicted octanol–water partition coefficient (Wildman–Crippen LogP) is 0.0760. The second-order valence-electron chi connectivity index (χ2n) is 1.78. The first-order chi connectivity index (χ1) is 3.84. The van der Waals surface area contributed by atoms with E-state index in [2.05, 4.69) is 0 Å². The van der Waals surface area contributed by atoms with E-state index in [-0.39, 0.29) is 14.8 Å². The molecule has 0 spiro atoms. The molecule has 1 unspecified atom stereocenters. The molecule has 46 valence electrons. The summed E-state index contributed by atoms with van der Waals surface area (Å²) in [6.07, 6.45) is 1.69. The van der Waals surface area contributed by atoms with Gasteiger partial charge in [0.15, 0.2) is 0 Å². The van der Waals surface area contributed by atoms with Crippen molar-refractivity contribution < 1.29 is 4.79 Å². The van der Waals surface area contributed by atoms with Crippen LogP contribution in [0, 0.1) is 0 Å². The molecule has 0 aromatic heterocycles. The Kier molecular flexibility index (Phi) is 1.81. The summed E-state index contributed by atoms with van der Waals surface area (Å²) in [4.78, 5) is 10.7. The number of amides is 1. The number of hydrogen-bond donors (Lipinski definition) is 1. The summed E-state index contributed by atoms with van der Waals surface area (Å²) in [5.74, 6) is 0.214. The SMILES string of the molecule is NPN1CCCC1=O. The summed E-state index contributed by atoms with van der Waals surface area (Å²) in [6.45, 7) is 0.869. The first-order valence-electron chi connectivity index (χ1n) is 2.61. The van der Waals surface area contributed by atoms with Crippen LogP contribution in [0.15, 0.2) is 0 Å². The Hall–Kier alpha value is -0.140. The van der Waals surface area contributed by atoms with Gasteiger partial charge in [-0.25, -0.2) is 0 Å². The van der Waals surface area contributed by atoms with Crippen LogP contribution >= 0.6 is 8.88 Å². The molecule has 0 aromatic rings. The summed E-state index contributed by atoms with van der Waals surface area (Å²) in [6, 6.07) is 0. The Morgan fingerprint density at radius 1 is 1.75 bits per heavy atom. The third kappa shape index (κ3) is 0.984. The Balaban J connectivity index is 2.42. The molecule has 1 saturated heterocycles. The lowest BCUT2D eigenvalue weighted by Gasteiger charge is -2.09. The van der Waals surface area contributed by atoms with E-state index in [1.54, 1.807) is 4.67 Å². The predicted molar refractivity (Wildman–Crippen MR) is 33.4 cm³/mol. The summed E-state index contributed by atoms with van der Waals surface area (Å²) >= 11 is 0. The van der Waals surface area contributed by atoms with Gasteiger partial charge in [0.2, 0.25) is 5.91 Å². The molecule has 0 aliphatic carbocycles. The Morgan fingerprint density at radius 3 is 2.75 bits per heavy atom. The zero-order valence-corrected chi connectivity index (χ0v) is 5.55. The molecular weight excluding hydrogens is 123 g/mol. The third-order valence-corrected chi connectivity index (χ3v) is 2.01. The van der Waals surface area contributed by atoms with Crippen molar-refractivity contribution in [1.29, 1.82) is 0 Å². The van der Waals surface area contributed by atoms with Crippen LogP contribution in [0.5, 0.6) is 0 Å². The highest BCUT2D eigenvalue weighted by molar-refractivity contribution is 7.33. The van der Waals surface area contributed by atoms with Gasteiger partial charge in [-0.3, -0.25) is 10.3 Å². The smallest absolute Gasteiger partial charge is 0.226 e. The molecule has 0 radical (unpaired) electrons. The molecular formula is C4H9N2OP. The first kappa shape index (κ1) is 5.99. The monoisotopic (exact) mass is 132 g/mol. The Morgan fingerprint density at radius 2 is 2.50 bits per heavy atom. The van der Waals surface area contributed by atoms with Crippen molar-refractivity contribution >= 4 is 14.8 Å². The van der Waals surface area contributed by atoms with Crippen molar-refractivity contribution in [2.45, 2.75) is 12.8 Å². The second-order valence-corrected chi connectivity index (χ2v) is 2.58. The molecule has 1 fully saturated rings. The van der Waals surface area contributed by atoms with E-state index in [9.17, 15) is 4.79 Å². The van der Waals surface area contributed by atoms with E-state index in [0.717, 1.165) is 13.0 Å². The molecule has 8 heavy (non-hydrogen) atoms. The van der Waals surface area contributed by atoms with Crippen molar-refractivity contribution in [2.75, 3.05) is 6.54 Å². The fraction of sp³-hybridized carbons (Fsp3) is 0.750. The van der Waals surface area contributed by atoms with E-state index >= 15 is 0 Å². The van der Waals surface area contributed by atoms with Gasteiger partial charge in [0.25, 0.3) is 0 Å². The normalized spacial score (nSPS) is 21.6. The van der Waals surface area contributed by atoms with Crippen molar-refractivity contribution in [1.82, 2.24) is 4.67 Å². The molecule has 1 aliphatic rings. The standard InChI is InChI=1S/C4H9N2OP/c5-8-6-3-1-2-4(6)7/h8H,1-3,5H2. The minimum absolute atomic E-state index is 0.176. The van der Waals surface area contributed by atoms with Gasteiger partial charge < -0.3 is 4.67 Å². The number of rotatable bonds is 1. The van der Waals surface area contributed by atoms with Crippen LogP contribution in [0.1, 0.15) is 12.8 Å². The van der Waals surface area contributed by atoms with Gasteiger partial charge in [0.05, 0.1) is 0 Å². The van der Waals surface area contributed by atoms with E-state index in [4.69, 9.17) is 5.50 Å². The van der Waals surface area contributed by atoms with Crippen LogP contribution in [-0.4, -0.2) is 17.1 Å². The minimum Gasteiger partial charge on any atom is -0.312 e. The highest BCUT2D eigenvalue weighted by Crippen LogP contribution is 2.18. The first-order valence-corrected chi connectivity index (χ1v) is 3.63. The van der Waals surface area contributed by atoms with Gasteiger partial charge in [-0.05, 0) is 6.42 Å². The third-order valence-electron chi connectivity index (χ3n) is 1.23. The average Bonchev–Trinajstić information content (AvgIpc) is 2.14. The number of nitrogens with two attached hydrogens (primary N) is 1. The van der Waals surface area contributed by atoms with Gasteiger partial charge >= 0.3 is 0 Å². The number of carbonyl (C=O) groups is 1. The van der Waals surface area contributed by atoms with E-state index < -0.39 is 0 Å². The summed E-state index contributed by atoms with van der Waals surface area (Å²) in [5.41, 5.74) is 5.26. The van der Waals surface area contributed by atoms with Crippen LogP contribution in [0.25, 0.3) is 0 Å². The zero-order valence-electron chi connectivity index (χ0n) is 4.55. The quantitative estimate of drug-likeness (QED) is 0.513. The fourth-order valence-corrected chi connectivity index (χ4v) is 1.33. The number of hydrogen-bond acceptors (Lipinski definition) is 2. The molecule has 1 rings (SSSR count). The summed E-state index contributed by atoms with van der Waals surface area (Å²) in [5, 5.41) is 0. The van der Waals surface area contributed by atoms with E-state index in [0.29, 0.717) is 6.42 Å². The minimum atomic E-state index is 0.176. The van der Waals surface area contributed by atoms with E-state index in [1.165, 1.54) is 0 Å². The Bertz CT molecular complexity index is 106. The van der Waals surface area contributed by atoms with Gasteiger partial charge in [-0.2, -0.15) is 0 Å². The maximum absolute atomic E-state index is 10.7. The van der Waals surface area contributed by atoms with Crippen LogP contribution in [-0.2, 0) is 4.79 Å². The lowest BCUT2D eigenvalue weighted by atomic mass is 10.4. The molecule has 1 heterocycles. The van der Waals surface area contributed by atoms with Crippen LogP contribution in [0.3, 0.4) is 0 Å². The Labute approximate surface area is 50.1 Å². The van der Waals surface area contributed by atoms with Crippen molar-refractivity contribution in [3.8, 4) is 0 Å².